The maximum atomic E-state index is 10.2. The highest BCUT2D eigenvalue weighted by Crippen LogP contribution is 2.39. The highest BCUT2D eigenvalue weighted by atomic mass is 16.3. The van der Waals surface area contributed by atoms with Gasteiger partial charge in [0.05, 0.1) is 0 Å². The lowest BCUT2D eigenvalue weighted by molar-refractivity contribution is 0.406. The van der Waals surface area contributed by atoms with Gasteiger partial charge in [0.25, 0.3) is 0 Å². The molecule has 6 nitrogen and oxygen atoms in total. The molecule has 0 atom stereocenters. The molecule has 2 aromatic carbocycles. The summed E-state index contributed by atoms with van der Waals surface area (Å²) in [4.78, 5) is 8.07. The Labute approximate surface area is 138 Å². The zero-order valence-electron chi connectivity index (χ0n) is 12.5. The predicted molar refractivity (Wildman–Crippen MR) is 92.1 cm³/mol. The van der Waals surface area contributed by atoms with Crippen LogP contribution in [0, 0.1) is 0 Å². The van der Waals surface area contributed by atoms with Gasteiger partial charge in [0.1, 0.15) is 25.0 Å². The Morgan fingerprint density at radius 3 is 2.54 bits per heavy atom. The Balaban J connectivity index is 1.90. The summed E-state index contributed by atoms with van der Waals surface area (Å²) in [7, 11) is 5.58. The Bertz CT molecular complexity index is 934. The van der Waals surface area contributed by atoms with E-state index in [-0.39, 0.29) is 34.1 Å². The van der Waals surface area contributed by atoms with Gasteiger partial charge < -0.3 is 20.4 Å². The normalized spacial score (nSPS) is 11.3. The smallest absolute Gasteiger partial charge is 0.157 e. The summed E-state index contributed by atoms with van der Waals surface area (Å²) < 4.78 is 0. The summed E-state index contributed by atoms with van der Waals surface area (Å²) >= 11 is 0. The van der Waals surface area contributed by atoms with Crippen LogP contribution in [-0.2, 0) is 6.42 Å². The van der Waals surface area contributed by atoms with Crippen LogP contribution in [0.4, 0.5) is 5.69 Å². The van der Waals surface area contributed by atoms with Gasteiger partial charge in [-0.2, -0.15) is 0 Å². The number of nitrogens with zero attached hydrogens (tertiary/aromatic N) is 2. The molecule has 2 radical (unpaired) electrons. The molecule has 1 aromatic heterocycles. The first kappa shape index (κ1) is 15.7. The third-order valence-corrected chi connectivity index (χ3v) is 3.60. The topological polar surface area (TPSA) is 106 Å². The maximum Gasteiger partial charge on any atom is 0.157 e. The highest BCUT2D eigenvalue weighted by molar-refractivity contribution is 6.34. The van der Waals surface area contributed by atoms with Crippen LogP contribution < -0.4 is 5.46 Å². The van der Waals surface area contributed by atoms with Crippen LogP contribution in [0.3, 0.4) is 0 Å². The molecule has 0 aliphatic heterocycles. The number of aliphatic imine (C=N–C) groups is 1. The van der Waals surface area contributed by atoms with Crippen LogP contribution in [-0.4, -0.2) is 39.5 Å². The van der Waals surface area contributed by atoms with E-state index < -0.39 is 0 Å². The standard InChI is InChI=1S/C17H13BN2O4/c18-12-5-9(6-15(22)17(12)24)1-4-20-13-7-14(21)10-2-3-19-8-11(10)16(13)23/h2-8,21-24H,1H2. The monoisotopic (exact) mass is 320 g/mol. The Morgan fingerprint density at radius 2 is 1.79 bits per heavy atom. The largest absolute Gasteiger partial charge is 0.507 e. The fourth-order valence-corrected chi connectivity index (χ4v) is 2.39. The predicted octanol–water partition coefficient (Wildman–Crippen LogP) is 1.80. The van der Waals surface area contributed by atoms with Crippen LogP contribution in [0.25, 0.3) is 10.8 Å². The maximum absolute atomic E-state index is 10.2. The first-order chi connectivity index (χ1) is 11.5. The first-order valence-corrected chi connectivity index (χ1v) is 7.09. The fourth-order valence-electron chi connectivity index (χ4n) is 2.39. The molecule has 3 aromatic rings. The second kappa shape index (κ2) is 6.12. The van der Waals surface area contributed by atoms with Crippen molar-refractivity contribution in [3.05, 3.63) is 42.2 Å². The number of phenols is 4. The third kappa shape index (κ3) is 2.83. The van der Waals surface area contributed by atoms with Gasteiger partial charge >= 0.3 is 0 Å². The zero-order chi connectivity index (χ0) is 17.3. The van der Waals surface area contributed by atoms with Crippen molar-refractivity contribution >= 4 is 36.0 Å². The zero-order valence-corrected chi connectivity index (χ0v) is 12.5. The molecule has 0 aliphatic rings. The molecule has 0 bridgehead atoms. The van der Waals surface area contributed by atoms with Crippen molar-refractivity contribution in [2.45, 2.75) is 6.42 Å². The molecule has 0 spiro atoms. The average Bonchev–Trinajstić information content (AvgIpc) is 2.57. The summed E-state index contributed by atoms with van der Waals surface area (Å²) in [5.74, 6) is -0.764. The summed E-state index contributed by atoms with van der Waals surface area (Å²) in [5, 5.41) is 40.1. The number of benzene rings is 2. The van der Waals surface area contributed by atoms with Crippen molar-refractivity contribution in [3.63, 3.8) is 0 Å². The summed E-state index contributed by atoms with van der Waals surface area (Å²) in [6.07, 6.45) is 4.78. The van der Waals surface area contributed by atoms with E-state index in [1.54, 1.807) is 6.07 Å². The van der Waals surface area contributed by atoms with Crippen molar-refractivity contribution in [2.24, 2.45) is 4.99 Å². The number of pyridine rings is 1. The van der Waals surface area contributed by atoms with Gasteiger partial charge in [0, 0.05) is 41.9 Å². The highest BCUT2D eigenvalue weighted by Gasteiger charge is 2.10. The van der Waals surface area contributed by atoms with Gasteiger partial charge in [0.2, 0.25) is 0 Å². The van der Waals surface area contributed by atoms with Crippen LogP contribution in [0.15, 0.2) is 41.7 Å². The van der Waals surface area contributed by atoms with Crippen LogP contribution >= 0.6 is 0 Å². The number of hydrogen-bond acceptors (Lipinski definition) is 6. The number of hydrogen-bond donors (Lipinski definition) is 4. The lowest BCUT2D eigenvalue weighted by Gasteiger charge is -2.07. The molecule has 0 saturated carbocycles. The SMILES string of the molecule is [B]c1cc(CC=Nc2cc(O)c3ccncc3c2O)cc(O)c1O. The van der Waals surface area contributed by atoms with E-state index in [9.17, 15) is 20.4 Å². The van der Waals surface area contributed by atoms with Crippen molar-refractivity contribution in [1.82, 2.24) is 4.98 Å². The van der Waals surface area contributed by atoms with E-state index in [1.807, 2.05) is 0 Å². The Morgan fingerprint density at radius 1 is 1.00 bits per heavy atom. The molecule has 3 rings (SSSR count). The Kier molecular flexibility index (Phi) is 3.99. The number of rotatable bonds is 3. The van der Waals surface area contributed by atoms with E-state index in [0.717, 1.165) is 0 Å². The second-order valence-corrected chi connectivity index (χ2v) is 5.25. The quantitative estimate of drug-likeness (QED) is 0.255. The van der Waals surface area contributed by atoms with Crippen molar-refractivity contribution in [1.29, 1.82) is 0 Å². The second-order valence-electron chi connectivity index (χ2n) is 5.25. The van der Waals surface area contributed by atoms with Crippen LogP contribution in [0.5, 0.6) is 23.0 Å². The Hall–Kier alpha value is -3.22. The van der Waals surface area contributed by atoms with E-state index in [0.29, 0.717) is 22.8 Å². The van der Waals surface area contributed by atoms with Crippen LogP contribution in [0.2, 0.25) is 0 Å². The first-order valence-electron chi connectivity index (χ1n) is 7.09. The fraction of sp³-hybridized carbons (Fsp3) is 0.0588. The van der Waals surface area contributed by atoms with Crippen molar-refractivity contribution in [2.75, 3.05) is 0 Å². The number of fused-ring (bicyclic) bond motifs is 1. The molecule has 0 amide bonds. The number of aromatic nitrogens is 1. The minimum atomic E-state index is -0.361. The molecule has 4 N–H and O–H groups in total. The average molecular weight is 320 g/mol. The van der Waals surface area contributed by atoms with E-state index in [2.05, 4.69) is 9.98 Å². The molecular formula is C17H13BN2O4. The molecule has 0 unspecified atom stereocenters. The van der Waals surface area contributed by atoms with Gasteiger partial charge in [-0.3, -0.25) is 9.98 Å². The molecule has 7 heteroatoms. The molecule has 1 heterocycles. The van der Waals surface area contributed by atoms with Gasteiger partial charge in [-0.15, -0.1) is 0 Å². The third-order valence-electron chi connectivity index (χ3n) is 3.60. The number of phenolic OH excluding ortho intramolecular Hbond substituents is 4. The minimum Gasteiger partial charge on any atom is -0.507 e. The van der Waals surface area contributed by atoms with Gasteiger partial charge in [-0.05, 0) is 17.7 Å². The minimum absolute atomic E-state index is 0.0103. The summed E-state index contributed by atoms with van der Waals surface area (Å²) in [5.41, 5.74) is 0.900. The van der Waals surface area contributed by atoms with E-state index in [1.165, 1.54) is 36.8 Å². The molecule has 0 aliphatic carbocycles. The number of aromatic hydroxyl groups is 4. The molecule has 118 valence electrons. The van der Waals surface area contributed by atoms with Crippen molar-refractivity contribution in [3.8, 4) is 23.0 Å². The van der Waals surface area contributed by atoms with Gasteiger partial charge in [-0.25, -0.2) is 0 Å². The molecule has 0 fully saturated rings. The van der Waals surface area contributed by atoms with E-state index in [4.69, 9.17) is 7.85 Å². The summed E-state index contributed by atoms with van der Waals surface area (Å²) in [6, 6.07) is 5.85. The van der Waals surface area contributed by atoms with Crippen LogP contribution in [0.1, 0.15) is 5.56 Å². The molecule has 24 heavy (non-hydrogen) atoms. The van der Waals surface area contributed by atoms with E-state index >= 15 is 0 Å². The summed E-state index contributed by atoms with van der Waals surface area (Å²) in [6.45, 7) is 0. The molecule has 0 saturated heterocycles. The van der Waals surface area contributed by atoms with Gasteiger partial charge in [-0.1, -0.05) is 11.5 Å². The van der Waals surface area contributed by atoms with Gasteiger partial charge in [0.15, 0.2) is 11.5 Å². The van der Waals surface area contributed by atoms with Crippen molar-refractivity contribution < 1.29 is 20.4 Å². The molecular weight excluding hydrogens is 307 g/mol. The lowest BCUT2D eigenvalue weighted by atomic mass is 9.92. The lowest BCUT2D eigenvalue weighted by Crippen LogP contribution is -2.04.